The van der Waals surface area contributed by atoms with Gasteiger partial charge in [0.15, 0.2) is 0 Å². The number of carbonyl (C=O) groups is 1. The lowest BCUT2D eigenvalue weighted by atomic mass is 9.93. The molecular formula is C19H17N3O. The number of azo groups is 1. The average molecular weight is 303 g/mol. The van der Waals surface area contributed by atoms with E-state index in [1.54, 1.807) is 0 Å². The van der Waals surface area contributed by atoms with Gasteiger partial charge >= 0.3 is 0 Å². The first-order valence-corrected chi connectivity index (χ1v) is 7.73. The number of hydrogen-bond acceptors (Lipinski definition) is 2. The van der Waals surface area contributed by atoms with Crippen molar-refractivity contribution in [3.8, 4) is 0 Å². The Labute approximate surface area is 134 Å². The third kappa shape index (κ3) is 2.18. The van der Waals surface area contributed by atoms with Crippen molar-refractivity contribution >= 4 is 16.8 Å². The molecule has 0 saturated carbocycles. The Morgan fingerprint density at radius 3 is 2.83 bits per heavy atom. The van der Waals surface area contributed by atoms with E-state index >= 15 is 0 Å². The molecular weight excluding hydrogens is 286 g/mol. The van der Waals surface area contributed by atoms with Gasteiger partial charge in [0.25, 0.3) is 5.91 Å². The number of carbonyl (C=O) groups excluding carboxylic acids is 1. The Morgan fingerprint density at radius 1 is 1.13 bits per heavy atom. The summed E-state index contributed by atoms with van der Waals surface area (Å²) in [6, 6.07) is 13.9. The normalized spacial score (nSPS) is 16.8. The van der Waals surface area contributed by atoms with E-state index in [2.05, 4.69) is 53.2 Å². The standard InChI is InChI=1S/C19H17N3O/c1-12-6-5-9-17-18(12)13(11-22(17)2)10-16-14-7-3-4-8-15(14)19(23)21-20-16/h3-9,11,16H,10H2,1-2H3. The topological polar surface area (TPSA) is 46.7 Å². The van der Waals surface area contributed by atoms with Gasteiger partial charge in [0.2, 0.25) is 0 Å². The van der Waals surface area contributed by atoms with Gasteiger partial charge in [0, 0.05) is 36.1 Å². The molecule has 4 heteroatoms. The number of fused-ring (bicyclic) bond motifs is 2. The predicted molar refractivity (Wildman–Crippen MR) is 89.7 cm³/mol. The highest BCUT2D eigenvalue weighted by Crippen LogP contribution is 2.33. The number of rotatable bonds is 2. The van der Waals surface area contributed by atoms with Crippen LogP contribution in [-0.2, 0) is 13.5 Å². The number of nitrogens with zero attached hydrogens (tertiary/aromatic N) is 3. The Bertz CT molecular complexity index is 952. The molecule has 0 radical (unpaired) electrons. The molecule has 0 spiro atoms. The summed E-state index contributed by atoms with van der Waals surface area (Å²) < 4.78 is 2.15. The van der Waals surface area contributed by atoms with Gasteiger partial charge in [-0.2, -0.15) is 5.11 Å². The summed E-state index contributed by atoms with van der Waals surface area (Å²) in [5.41, 5.74) is 5.36. The number of amides is 1. The molecule has 0 saturated heterocycles. The molecule has 1 aromatic heterocycles. The van der Waals surface area contributed by atoms with Crippen molar-refractivity contribution in [2.75, 3.05) is 0 Å². The molecule has 2 aromatic carbocycles. The quantitative estimate of drug-likeness (QED) is 0.693. The largest absolute Gasteiger partial charge is 0.350 e. The highest BCUT2D eigenvalue weighted by molar-refractivity contribution is 5.97. The van der Waals surface area contributed by atoms with Crippen molar-refractivity contribution in [2.24, 2.45) is 17.3 Å². The van der Waals surface area contributed by atoms with Gasteiger partial charge in [-0.15, -0.1) is 5.11 Å². The molecule has 1 amide bonds. The molecule has 1 aliphatic heterocycles. The third-order valence-corrected chi connectivity index (χ3v) is 4.55. The van der Waals surface area contributed by atoms with Crippen LogP contribution in [0.25, 0.3) is 10.9 Å². The Kier molecular flexibility index (Phi) is 3.11. The predicted octanol–water partition coefficient (Wildman–Crippen LogP) is 4.38. The van der Waals surface area contributed by atoms with Gasteiger partial charge in [0.1, 0.15) is 6.04 Å². The first kappa shape index (κ1) is 13.9. The zero-order chi connectivity index (χ0) is 16.0. The van der Waals surface area contributed by atoms with Crippen LogP contribution in [0.4, 0.5) is 0 Å². The number of aryl methyl sites for hydroxylation is 2. The second-order valence-electron chi connectivity index (χ2n) is 6.06. The van der Waals surface area contributed by atoms with Crippen molar-refractivity contribution in [1.29, 1.82) is 0 Å². The summed E-state index contributed by atoms with van der Waals surface area (Å²) in [6.45, 7) is 2.13. The molecule has 114 valence electrons. The van der Waals surface area contributed by atoms with Gasteiger partial charge in [-0.05, 0) is 35.7 Å². The SMILES string of the molecule is Cc1cccc2c1c(CC1N=NC(=O)c3ccccc31)cn2C. The smallest absolute Gasteiger partial charge is 0.295 e. The van der Waals surface area contributed by atoms with Gasteiger partial charge in [0.05, 0.1) is 0 Å². The Morgan fingerprint density at radius 2 is 1.96 bits per heavy atom. The average Bonchev–Trinajstić information content (AvgIpc) is 2.88. The molecule has 0 N–H and O–H groups in total. The molecule has 0 bridgehead atoms. The van der Waals surface area contributed by atoms with Crippen molar-refractivity contribution in [1.82, 2.24) is 4.57 Å². The van der Waals surface area contributed by atoms with Crippen LogP contribution in [0.2, 0.25) is 0 Å². The molecule has 2 heterocycles. The maximum Gasteiger partial charge on any atom is 0.295 e. The first-order chi connectivity index (χ1) is 11.1. The van der Waals surface area contributed by atoms with E-state index in [4.69, 9.17) is 0 Å². The molecule has 0 fully saturated rings. The summed E-state index contributed by atoms with van der Waals surface area (Å²) in [6.07, 6.45) is 2.90. The number of benzene rings is 2. The van der Waals surface area contributed by atoms with E-state index in [0.717, 1.165) is 12.0 Å². The fraction of sp³-hybridized carbons (Fsp3) is 0.211. The maximum absolute atomic E-state index is 11.9. The second-order valence-corrected chi connectivity index (χ2v) is 6.06. The maximum atomic E-state index is 11.9. The molecule has 1 unspecified atom stereocenters. The third-order valence-electron chi connectivity index (χ3n) is 4.55. The summed E-state index contributed by atoms with van der Waals surface area (Å²) in [4.78, 5) is 11.9. The summed E-state index contributed by atoms with van der Waals surface area (Å²) in [7, 11) is 2.06. The van der Waals surface area contributed by atoms with E-state index in [1.807, 2.05) is 24.3 Å². The fourth-order valence-corrected chi connectivity index (χ4v) is 3.47. The van der Waals surface area contributed by atoms with Crippen LogP contribution in [-0.4, -0.2) is 10.5 Å². The molecule has 1 atom stereocenters. The van der Waals surface area contributed by atoms with Gasteiger partial charge in [-0.3, -0.25) is 4.79 Å². The van der Waals surface area contributed by atoms with Crippen molar-refractivity contribution < 1.29 is 4.79 Å². The van der Waals surface area contributed by atoms with Crippen molar-refractivity contribution in [3.63, 3.8) is 0 Å². The molecule has 3 aromatic rings. The van der Waals surface area contributed by atoms with Gasteiger partial charge in [-0.1, -0.05) is 30.3 Å². The monoisotopic (exact) mass is 303 g/mol. The highest BCUT2D eigenvalue weighted by Gasteiger charge is 2.24. The number of hydrogen-bond donors (Lipinski definition) is 0. The van der Waals surface area contributed by atoms with Crippen LogP contribution in [0, 0.1) is 6.92 Å². The van der Waals surface area contributed by atoms with Crippen LogP contribution in [0.3, 0.4) is 0 Å². The molecule has 0 aliphatic carbocycles. The van der Waals surface area contributed by atoms with Crippen LogP contribution in [0.15, 0.2) is 58.9 Å². The minimum absolute atomic E-state index is 0.103. The first-order valence-electron chi connectivity index (χ1n) is 7.73. The van der Waals surface area contributed by atoms with Crippen molar-refractivity contribution in [2.45, 2.75) is 19.4 Å². The summed E-state index contributed by atoms with van der Waals surface area (Å²) in [5.74, 6) is -0.244. The zero-order valence-corrected chi connectivity index (χ0v) is 13.2. The fourth-order valence-electron chi connectivity index (χ4n) is 3.47. The Hall–Kier alpha value is -2.75. The van der Waals surface area contributed by atoms with Crippen molar-refractivity contribution in [3.05, 3.63) is 70.9 Å². The van der Waals surface area contributed by atoms with Crippen LogP contribution in [0.5, 0.6) is 0 Å². The van der Waals surface area contributed by atoms with Gasteiger partial charge in [-0.25, -0.2) is 0 Å². The lowest BCUT2D eigenvalue weighted by Gasteiger charge is -2.17. The van der Waals surface area contributed by atoms with Gasteiger partial charge < -0.3 is 4.57 Å². The molecule has 4 nitrogen and oxygen atoms in total. The van der Waals surface area contributed by atoms with E-state index in [0.29, 0.717) is 5.56 Å². The minimum atomic E-state index is -0.244. The second kappa shape index (κ2) is 5.16. The number of aromatic nitrogens is 1. The van der Waals surface area contributed by atoms with Crippen LogP contribution < -0.4 is 0 Å². The molecule has 23 heavy (non-hydrogen) atoms. The highest BCUT2D eigenvalue weighted by atomic mass is 16.1. The van der Waals surface area contributed by atoms with E-state index < -0.39 is 0 Å². The van der Waals surface area contributed by atoms with E-state index in [1.165, 1.54) is 22.0 Å². The minimum Gasteiger partial charge on any atom is -0.350 e. The Balaban J connectivity index is 1.80. The lowest BCUT2D eigenvalue weighted by molar-refractivity contribution is 0.0984. The summed E-state index contributed by atoms with van der Waals surface area (Å²) >= 11 is 0. The molecule has 1 aliphatic rings. The van der Waals surface area contributed by atoms with Crippen LogP contribution in [0.1, 0.15) is 33.1 Å². The van der Waals surface area contributed by atoms with Crippen LogP contribution >= 0.6 is 0 Å². The van der Waals surface area contributed by atoms with E-state index in [9.17, 15) is 4.79 Å². The van der Waals surface area contributed by atoms with E-state index in [-0.39, 0.29) is 11.9 Å². The lowest BCUT2D eigenvalue weighted by Crippen LogP contribution is -2.11. The summed E-state index contributed by atoms with van der Waals surface area (Å²) in [5, 5.41) is 9.37. The molecule has 4 rings (SSSR count). The zero-order valence-electron chi connectivity index (χ0n) is 13.2.